The molecule has 2 aromatic rings. The monoisotopic (exact) mass is 422 g/mol. The van der Waals surface area contributed by atoms with Gasteiger partial charge in [-0.25, -0.2) is 0 Å². The van der Waals surface area contributed by atoms with E-state index in [4.69, 9.17) is 9.47 Å². The van der Waals surface area contributed by atoms with Crippen molar-refractivity contribution in [3.8, 4) is 0 Å². The van der Waals surface area contributed by atoms with E-state index in [0.717, 1.165) is 50.2 Å². The number of carbonyl (C=O) groups is 2. The maximum absolute atomic E-state index is 12.9. The largest absolute Gasteiger partial charge is 0.461 e. The zero-order valence-electron chi connectivity index (χ0n) is 17.9. The SMILES string of the molecule is O=C(Cc1ccc2ccccc2c1)N1CCC2(CC1)CC(CN1CCOCC1)OC2=O. The molecular weight excluding hydrogens is 392 g/mol. The van der Waals surface area contributed by atoms with Crippen LogP contribution in [0.15, 0.2) is 42.5 Å². The molecule has 0 aliphatic carbocycles. The van der Waals surface area contributed by atoms with Crippen LogP contribution in [0, 0.1) is 5.41 Å². The van der Waals surface area contributed by atoms with Gasteiger partial charge in [0, 0.05) is 39.1 Å². The third-order valence-corrected chi connectivity index (χ3v) is 7.13. The highest BCUT2D eigenvalue weighted by atomic mass is 16.6. The molecule has 3 saturated heterocycles. The molecule has 0 saturated carbocycles. The molecule has 2 aromatic carbocycles. The van der Waals surface area contributed by atoms with Crippen molar-refractivity contribution >= 4 is 22.6 Å². The molecule has 1 spiro atoms. The smallest absolute Gasteiger partial charge is 0.312 e. The Labute approximate surface area is 183 Å². The minimum Gasteiger partial charge on any atom is -0.461 e. The van der Waals surface area contributed by atoms with E-state index in [1.54, 1.807) is 0 Å². The first-order valence-corrected chi connectivity index (χ1v) is 11.4. The first-order chi connectivity index (χ1) is 15.1. The summed E-state index contributed by atoms with van der Waals surface area (Å²) in [6.07, 6.45) is 2.55. The van der Waals surface area contributed by atoms with E-state index < -0.39 is 5.41 Å². The van der Waals surface area contributed by atoms with Crippen LogP contribution >= 0.6 is 0 Å². The number of carbonyl (C=O) groups excluding carboxylic acids is 2. The van der Waals surface area contributed by atoms with Crippen LogP contribution in [0.3, 0.4) is 0 Å². The Bertz CT molecular complexity index is 961. The number of hydrogen-bond donors (Lipinski definition) is 0. The van der Waals surface area contributed by atoms with Crippen LogP contribution in [0.4, 0.5) is 0 Å². The minimum atomic E-state index is -0.406. The van der Waals surface area contributed by atoms with Crippen LogP contribution in [0.25, 0.3) is 10.8 Å². The topological polar surface area (TPSA) is 59.1 Å². The number of amides is 1. The quantitative estimate of drug-likeness (QED) is 0.709. The summed E-state index contributed by atoms with van der Waals surface area (Å²) in [5, 5.41) is 2.34. The lowest BCUT2D eigenvalue weighted by Gasteiger charge is -2.36. The summed E-state index contributed by atoms with van der Waals surface area (Å²) in [6, 6.07) is 14.4. The van der Waals surface area contributed by atoms with Gasteiger partial charge in [0.05, 0.1) is 25.0 Å². The number of likely N-dealkylation sites (tertiary alicyclic amines) is 1. The Morgan fingerprint density at radius 2 is 1.74 bits per heavy atom. The van der Waals surface area contributed by atoms with Gasteiger partial charge in [0.2, 0.25) is 5.91 Å². The molecule has 0 bridgehead atoms. The third kappa shape index (κ3) is 4.32. The van der Waals surface area contributed by atoms with E-state index in [1.807, 2.05) is 23.1 Å². The third-order valence-electron chi connectivity index (χ3n) is 7.13. The van der Waals surface area contributed by atoms with Gasteiger partial charge in [-0.2, -0.15) is 0 Å². The van der Waals surface area contributed by atoms with Crippen LogP contribution in [0.2, 0.25) is 0 Å². The average molecular weight is 423 g/mol. The normalized spacial score (nSPS) is 23.9. The van der Waals surface area contributed by atoms with Crippen LogP contribution in [-0.4, -0.2) is 73.7 Å². The van der Waals surface area contributed by atoms with Crippen molar-refractivity contribution in [1.82, 2.24) is 9.80 Å². The molecule has 164 valence electrons. The van der Waals surface area contributed by atoms with E-state index in [9.17, 15) is 9.59 Å². The molecule has 1 atom stereocenters. The highest BCUT2D eigenvalue weighted by molar-refractivity contribution is 5.86. The standard InChI is InChI=1S/C25H30N2O4/c28-23(16-19-5-6-20-3-1-2-4-21(20)15-19)27-9-7-25(8-10-27)17-22(31-24(25)29)18-26-11-13-30-14-12-26/h1-6,15,22H,7-14,16-18H2. The van der Waals surface area contributed by atoms with Crippen LogP contribution in [0.1, 0.15) is 24.8 Å². The van der Waals surface area contributed by atoms with Gasteiger partial charge in [0.15, 0.2) is 0 Å². The van der Waals surface area contributed by atoms with Gasteiger partial charge >= 0.3 is 5.97 Å². The first-order valence-electron chi connectivity index (χ1n) is 11.4. The molecule has 31 heavy (non-hydrogen) atoms. The maximum Gasteiger partial charge on any atom is 0.312 e. The van der Waals surface area contributed by atoms with Gasteiger partial charge in [-0.15, -0.1) is 0 Å². The van der Waals surface area contributed by atoms with E-state index in [1.165, 1.54) is 5.39 Å². The number of rotatable bonds is 4. The van der Waals surface area contributed by atoms with E-state index >= 15 is 0 Å². The Morgan fingerprint density at radius 3 is 2.52 bits per heavy atom. The van der Waals surface area contributed by atoms with Gasteiger partial charge in [-0.1, -0.05) is 42.5 Å². The Hall–Kier alpha value is -2.44. The molecule has 6 heteroatoms. The molecule has 0 aromatic heterocycles. The molecule has 1 amide bonds. The van der Waals surface area contributed by atoms with Crippen molar-refractivity contribution in [2.24, 2.45) is 5.41 Å². The number of hydrogen-bond acceptors (Lipinski definition) is 5. The second-order valence-corrected chi connectivity index (χ2v) is 9.16. The van der Waals surface area contributed by atoms with Crippen molar-refractivity contribution in [2.45, 2.75) is 31.8 Å². The fourth-order valence-electron chi connectivity index (χ4n) is 5.24. The second-order valence-electron chi connectivity index (χ2n) is 9.16. The lowest BCUT2D eigenvalue weighted by molar-refractivity contribution is -0.153. The summed E-state index contributed by atoms with van der Waals surface area (Å²) in [4.78, 5) is 29.9. The maximum atomic E-state index is 12.9. The Kier molecular flexibility index (Phi) is 5.67. The van der Waals surface area contributed by atoms with E-state index in [2.05, 4.69) is 29.2 Å². The predicted molar refractivity (Wildman–Crippen MR) is 118 cm³/mol. The van der Waals surface area contributed by atoms with Crippen LogP contribution in [-0.2, 0) is 25.5 Å². The predicted octanol–water partition coefficient (Wildman–Crippen LogP) is 2.64. The Morgan fingerprint density at radius 1 is 1.00 bits per heavy atom. The van der Waals surface area contributed by atoms with Crippen molar-refractivity contribution < 1.29 is 19.1 Å². The van der Waals surface area contributed by atoms with Gasteiger partial charge in [-0.05, 0) is 29.2 Å². The van der Waals surface area contributed by atoms with Gasteiger partial charge in [-0.3, -0.25) is 14.5 Å². The van der Waals surface area contributed by atoms with Crippen molar-refractivity contribution in [2.75, 3.05) is 45.9 Å². The number of benzene rings is 2. The fraction of sp³-hybridized carbons (Fsp3) is 0.520. The number of esters is 1. The summed E-state index contributed by atoms with van der Waals surface area (Å²) in [5.74, 6) is 0.0775. The lowest BCUT2D eigenvalue weighted by atomic mass is 9.76. The molecule has 6 nitrogen and oxygen atoms in total. The molecule has 3 aliphatic rings. The van der Waals surface area contributed by atoms with Gasteiger partial charge in [0.1, 0.15) is 6.10 Å². The number of cyclic esters (lactones) is 1. The van der Waals surface area contributed by atoms with Crippen molar-refractivity contribution in [1.29, 1.82) is 0 Å². The minimum absolute atomic E-state index is 0.0366. The Balaban J connectivity index is 1.16. The summed E-state index contributed by atoms with van der Waals surface area (Å²) in [6.45, 7) is 5.36. The molecule has 3 heterocycles. The van der Waals surface area contributed by atoms with Gasteiger partial charge in [0.25, 0.3) is 0 Å². The summed E-state index contributed by atoms with van der Waals surface area (Å²) < 4.78 is 11.2. The number of piperidine rings is 1. The molecule has 5 rings (SSSR count). The van der Waals surface area contributed by atoms with Crippen LogP contribution < -0.4 is 0 Å². The van der Waals surface area contributed by atoms with Crippen molar-refractivity contribution in [3.05, 3.63) is 48.0 Å². The summed E-state index contributed by atoms with van der Waals surface area (Å²) >= 11 is 0. The highest BCUT2D eigenvalue weighted by Gasteiger charge is 2.51. The van der Waals surface area contributed by atoms with E-state index in [0.29, 0.717) is 32.4 Å². The summed E-state index contributed by atoms with van der Waals surface area (Å²) in [7, 11) is 0. The zero-order valence-corrected chi connectivity index (χ0v) is 17.9. The second kappa shape index (κ2) is 8.60. The lowest BCUT2D eigenvalue weighted by Crippen LogP contribution is -2.45. The summed E-state index contributed by atoms with van der Waals surface area (Å²) in [5.41, 5.74) is 0.631. The van der Waals surface area contributed by atoms with Gasteiger partial charge < -0.3 is 14.4 Å². The van der Waals surface area contributed by atoms with E-state index in [-0.39, 0.29) is 18.0 Å². The molecular formula is C25H30N2O4. The number of ether oxygens (including phenoxy) is 2. The molecule has 1 unspecified atom stereocenters. The fourth-order valence-corrected chi connectivity index (χ4v) is 5.24. The van der Waals surface area contributed by atoms with Crippen molar-refractivity contribution in [3.63, 3.8) is 0 Å². The molecule has 3 aliphatic heterocycles. The average Bonchev–Trinajstić information content (AvgIpc) is 3.08. The zero-order chi connectivity index (χ0) is 21.3. The molecule has 0 N–H and O–H groups in total. The molecule has 3 fully saturated rings. The number of morpholine rings is 1. The first kappa shape index (κ1) is 20.5. The number of fused-ring (bicyclic) bond motifs is 1. The highest BCUT2D eigenvalue weighted by Crippen LogP contribution is 2.43. The molecule has 0 radical (unpaired) electrons. The number of nitrogens with zero attached hydrogens (tertiary/aromatic N) is 2. The van der Waals surface area contributed by atoms with Crippen LogP contribution in [0.5, 0.6) is 0 Å².